The first-order valence-corrected chi connectivity index (χ1v) is 23.1. The highest BCUT2D eigenvalue weighted by Gasteiger charge is 2.75. The van der Waals surface area contributed by atoms with Gasteiger partial charge in [0.05, 0.1) is 6.10 Å². The summed E-state index contributed by atoms with van der Waals surface area (Å²) in [6.45, 7) is 7.43. The third-order valence-corrected chi connectivity index (χ3v) is 14.8. The molecule has 6 amide bonds. The molecule has 5 aliphatic rings. The number of carbonyl (C=O) groups excluding carboxylic acids is 7. The van der Waals surface area contributed by atoms with Crippen molar-refractivity contribution in [2.75, 3.05) is 39.9 Å². The van der Waals surface area contributed by atoms with Crippen molar-refractivity contribution in [3.05, 3.63) is 23.8 Å². The van der Waals surface area contributed by atoms with Gasteiger partial charge < -0.3 is 51.6 Å². The number of ketones is 2. The minimum absolute atomic E-state index is 0.0825. The van der Waals surface area contributed by atoms with Crippen LogP contribution in [0.25, 0.3) is 0 Å². The van der Waals surface area contributed by atoms with Crippen molar-refractivity contribution in [2.45, 2.75) is 141 Å². The van der Waals surface area contributed by atoms with Gasteiger partial charge in [-0.25, -0.2) is 14.0 Å². The van der Waals surface area contributed by atoms with E-state index in [9.17, 15) is 43.8 Å². The Labute approximate surface area is 381 Å². The number of hydrogen-bond donors (Lipinski definition) is 7. The Morgan fingerprint density at radius 3 is 2.46 bits per heavy atom. The Hall–Kier alpha value is -4.86. The van der Waals surface area contributed by atoms with Crippen LogP contribution in [0.1, 0.15) is 105 Å². The molecule has 3 saturated carbocycles. The van der Waals surface area contributed by atoms with Gasteiger partial charge in [0.1, 0.15) is 30.4 Å². The number of amides is 6. The van der Waals surface area contributed by atoms with E-state index in [-0.39, 0.29) is 63.3 Å². The summed E-state index contributed by atoms with van der Waals surface area (Å²) in [5.74, 6) is 1.12. The minimum Gasteiger partial charge on any atom is -0.441 e. The monoisotopic (exact) mass is 913 g/mol. The summed E-state index contributed by atoms with van der Waals surface area (Å²) in [6, 6.07) is -2.87. The second-order valence-corrected chi connectivity index (χ2v) is 19.4. The summed E-state index contributed by atoms with van der Waals surface area (Å²) in [5, 5.41) is 34.4. The number of urea groups is 1. The lowest BCUT2D eigenvalue weighted by Gasteiger charge is -2.62. The van der Waals surface area contributed by atoms with E-state index in [1.807, 2.05) is 0 Å². The molecule has 0 aromatic rings. The van der Waals surface area contributed by atoms with Gasteiger partial charge in [-0.3, -0.25) is 24.0 Å². The van der Waals surface area contributed by atoms with Crippen molar-refractivity contribution in [1.29, 1.82) is 0 Å². The van der Waals surface area contributed by atoms with Crippen LogP contribution < -0.4 is 27.0 Å². The van der Waals surface area contributed by atoms with Gasteiger partial charge in [-0.2, -0.15) is 0 Å². The maximum absolute atomic E-state index is 17.6. The maximum Gasteiger partial charge on any atom is 0.409 e. The first-order valence-electron chi connectivity index (χ1n) is 23.1. The number of likely N-dealkylation sites (N-methyl/N-ethyl adjacent to an activating group) is 1. The number of aliphatic hydroxyl groups is 2. The van der Waals surface area contributed by atoms with Crippen LogP contribution in [0.3, 0.4) is 0 Å². The van der Waals surface area contributed by atoms with Gasteiger partial charge in [0.15, 0.2) is 18.1 Å². The number of alkyl halides is 1. The molecular weight excluding hydrogens is 844 g/mol. The van der Waals surface area contributed by atoms with E-state index >= 15 is 4.39 Å². The molecule has 0 saturated heterocycles. The number of hydrogen-bond acceptors (Lipinski definition) is 11. The van der Waals surface area contributed by atoms with E-state index in [4.69, 9.17) is 15.2 Å². The van der Waals surface area contributed by atoms with E-state index in [2.05, 4.69) is 33.1 Å². The number of primary amides is 1. The number of allylic oxidation sites excluding steroid dienone is 4. The lowest BCUT2D eigenvalue weighted by molar-refractivity contribution is -0.219. The summed E-state index contributed by atoms with van der Waals surface area (Å²) in [6.07, 6.45) is 7.11. The number of halogens is 1. The predicted octanol–water partition coefficient (Wildman–Crippen LogP) is 2.51. The fraction of sp³-hybridized carbons (Fsp3) is 0.723. The molecule has 0 aromatic carbocycles. The second-order valence-electron chi connectivity index (χ2n) is 19.4. The Balaban J connectivity index is 1.15. The zero-order valence-electron chi connectivity index (χ0n) is 38.6. The van der Waals surface area contributed by atoms with E-state index in [0.717, 1.165) is 30.6 Å². The third-order valence-electron chi connectivity index (χ3n) is 14.8. The number of nitrogens with one attached hydrogen (secondary N) is 4. The summed E-state index contributed by atoms with van der Waals surface area (Å²) in [4.78, 5) is 91.6. The molecule has 5 rings (SSSR count). The highest BCUT2D eigenvalue weighted by Crippen LogP contribution is 2.70. The van der Waals surface area contributed by atoms with Crippen LogP contribution in [0.15, 0.2) is 23.8 Å². The van der Waals surface area contributed by atoms with Gasteiger partial charge in [-0.15, -0.1) is 5.92 Å². The van der Waals surface area contributed by atoms with Gasteiger partial charge in [0, 0.05) is 49.9 Å². The summed E-state index contributed by atoms with van der Waals surface area (Å²) in [7, 11) is 1.39. The molecule has 11 atom stereocenters. The third kappa shape index (κ3) is 10.7. The number of nitrogens with zero attached hydrogens (tertiary/aromatic N) is 1. The first kappa shape index (κ1) is 51.1. The highest BCUT2D eigenvalue weighted by atomic mass is 19.1. The van der Waals surface area contributed by atoms with Crippen molar-refractivity contribution in [3.63, 3.8) is 0 Å². The van der Waals surface area contributed by atoms with Crippen LogP contribution in [0.4, 0.5) is 14.0 Å². The SMILES string of the molecule is CC(C)C(NC(=O)COC1C#CCCCCC1)C(=O)N[C@@H](CCCNC(N)=O)C(=O)NCCN(C)C(=O)OCC(=O)[C@@]1(O)[C@H](C)C[C@H]2[C@@H]3CCC4=CC(=O)C=C[C@]4(C)[C@@]3(F)[C@@H](O)C[C@@]21C. The maximum atomic E-state index is 17.6. The molecule has 0 spiro atoms. The minimum atomic E-state index is -2.14. The average Bonchev–Trinajstić information content (AvgIpc) is 3.43. The molecule has 17 nitrogen and oxygen atoms in total. The van der Waals surface area contributed by atoms with Crippen LogP contribution in [0, 0.1) is 46.3 Å². The molecule has 360 valence electrons. The quantitative estimate of drug-likeness (QED) is 0.0777. The number of Topliss-reactive ketones (excluding diaryl/α,β-unsaturated/α-hetero) is 1. The van der Waals surface area contributed by atoms with Gasteiger partial charge in [0.2, 0.25) is 23.5 Å². The van der Waals surface area contributed by atoms with Gasteiger partial charge in [-0.1, -0.05) is 51.7 Å². The normalized spacial score (nSPS) is 32.3. The van der Waals surface area contributed by atoms with Crippen LogP contribution in [-0.4, -0.2) is 132 Å². The van der Waals surface area contributed by atoms with Crippen LogP contribution >= 0.6 is 0 Å². The summed E-state index contributed by atoms with van der Waals surface area (Å²) < 4.78 is 28.7. The molecule has 5 aliphatic carbocycles. The molecule has 0 bridgehead atoms. The van der Waals surface area contributed by atoms with Crippen LogP contribution in [-0.2, 0) is 33.4 Å². The number of nitrogens with two attached hydrogens (primary N) is 1. The Bertz CT molecular complexity index is 1970. The molecule has 8 N–H and O–H groups in total. The van der Waals surface area contributed by atoms with Crippen molar-refractivity contribution < 1.29 is 57.6 Å². The molecule has 0 aromatic heterocycles. The lowest BCUT2D eigenvalue weighted by atomic mass is 9.44. The number of aliphatic hydroxyl groups excluding tert-OH is 1. The number of ether oxygens (including phenoxy) is 2. The van der Waals surface area contributed by atoms with Crippen LogP contribution in [0.2, 0.25) is 0 Å². The zero-order valence-corrected chi connectivity index (χ0v) is 38.6. The number of rotatable bonds is 18. The molecular formula is C47H69FN6O11. The molecule has 3 fully saturated rings. The largest absolute Gasteiger partial charge is 0.441 e. The number of carbonyl (C=O) groups is 7. The predicted molar refractivity (Wildman–Crippen MR) is 236 cm³/mol. The van der Waals surface area contributed by atoms with E-state index in [1.54, 1.807) is 40.7 Å². The molecule has 0 aliphatic heterocycles. The topological polar surface area (TPSA) is 256 Å². The van der Waals surface area contributed by atoms with E-state index in [1.165, 1.54) is 19.2 Å². The van der Waals surface area contributed by atoms with Crippen LogP contribution in [0.5, 0.6) is 0 Å². The zero-order chi connectivity index (χ0) is 47.9. The highest BCUT2D eigenvalue weighted by molar-refractivity contribution is 6.01. The number of fused-ring (bicyclic) bond motifs is 5. The summed E-state index contributed by atoms with van der Waals surface area (Å²) in [5.41, 5.74) is -0.873. The fourth-order valence-electron chi connectivity index (χ4n) is 11.1. The Kier molecular flexibility index (Phi) is 16.7. The van der Waals surface area contributed by atoms with Gasteiger partial charge >= 0.3 is 12.1 Å². The average molecular weight is 913 g/mol. The van der Waals surface area contributed by atoms with E-state index < -0.39 is 100 Å². The Morgan fingerprint density at radius 1 is 1.02 bits per heavy atom. The van der Waals surface area contributed by atoms with Gasteiger partial charge in [-0.05, 0) is 94.6 Å². The van der Waals surface area contributed by atoms with Crippen molar-refractivity contribution in [2.24, 2.45) is 40.2 Å². The summed E-state index contributed by atoms with van der Waals surface area (Å²) >= 11 is 0. The molecule has 0 radical (unpaired) electrons. The second kappa shape index (κ2) is 21.2. The lowest BCUT2D eigenvalue weighted by Crippen LogP contribution is -2.69. The van der Waals surface area contributed by atoms with E-state index in [0.29, 0.717) is 31.3 Å². The fourth-order valence-corrected chi connectivity index (χ4v) is 11.1. The molecule has 2 unspecified atom stereocenters. The first-order chi connectivity index (χ1) is 30.6. The van der Waals surface area contributed by atoms with Crippen molar-refractivity contribution in [1.82, 2.24) is 26.2 Å². The van der Waals surface area contributed by atoms with Crippen molar-refractivity contribution >= 4 is 41.4 Å². The molecule has 18 heteroatoms. The molecule has 65 heavy (non-hydrogen) atoms. The standard InChI is InChI=1S/C47H69FN6O11/c1-28(2)39(53-38(58)27-64-32-13-10-8-7-9-11-14-32)41(60)52-35(15-12-20-51-42(49)61)40(59)50-21-22-54(6)43(62)65-26-37(57)47(63)29(3)23-34-33-17-16-30-24-31(55)18-19-44(30,4)46(33,48)36(56)25-45(34,47)5/h18-19,24,28-29,32-36,39,56,63H,7-10,12-13,15-17,20-23,25-27H2,1-6H3,(H,50,59)(H,52,60)(H,53,58)(H3,49,51,61)/t29-,32?,33+,34+,35+,36+,39?,44+,45+,46+,47+/m1/s1. The van der Waals surface area contributed by atoms with Crippen molar-refractivity contribution in [3.8, 4) is 11.8 Å². The smallest absolute Gasteiger partial charge is 0.409 e. The molecule has 0 heterocycles. The van der Waals surface area contributed by atoms with Gasteiger partial charge in [0.25, 0.3) is 0 Å². The Morgan fingerprint density at radius 2 is 1.75 bits per heavy atom.